The van der Waals surface area contributed by atoms with E-state index in [1.807, 2.05) is 26.0 Å². The fourth-order valence-electron chi connectivity index (χ4n) is 2.87. The number of benzene rings is 2. The zero-order valence-corrected chi connectivity index (χ0v) is 16.2. The van der Waals surface area contributed by atoms with E-state index < -0.39 is 23.7 Å². The first-order chi connectivity index (χ1) is 13.2. The van der Waals surface area contributed by atoms with Crippen molar-refractivity contribution in [3.05, 3.63) is 64.7 Å². The molecule has 2 aromatic carbocycles. The van der Waals surface area contributed by atoms with E-state index >= 15 is 0 Å². The number of carbonyl (C=O) groups is 2. The smallest absolute Gasteiger partial charge is 0.324 e. The van der Waals surface area contributed by atoms with Crippen LogP contribution in [0.2, 0.25) is 0 Å². The maximum absolute atomic E-state index is 12.7. The minimum Gasteiger partial charge on any atom is -0.324 e. The fraction of sp³-hybridized carbons (Fsp3) is 0.300. The standard InChI is InChI=1S/C20H19F3N2O2S/c1-12-3-8-16(9-13(12)2)24-18(26)17-10-28-11-25(17)19(27)14-4-6-15(7-5-14)20(21,22)23/h3-9,17H,10-11H2,1-2H3,(H,24,26). The Morgan fingerprint density at radius 2 is 1.75 bits per heavy atom. The van der Waals surface area contributed by atoms with Gasteiger partial charge in [-0.05, 0) is 61.4 Å². The molecule has 8 heteroatoms. The Balaban J connectivity index is 1.73. The number of halogens is 3. The molecule has 1 saturated heterocycles. The highest BCUT2D eigenvalue weighted by atomic mass is 32.2. The molecule has 2 amide bonds. The maximum atomic E-state index is 12.7. The highest BCUT2D eigenvalue weighted by Gasteiger charge is 2.36. The van der Waals surface area contributed by atoms with Crippen molar-refractivity contribution in [3.63, 3.8) is 0 Å². The monoisotopic (exact) mass is 408 g/mol. The lowest BCUT2D eigenvalue weighted by molar-refractivity contribution is -0.137. The van der Waals surface area contributed by atoms with Gasteiger partial charge >= 0.3 is 6.18 Å². The molecule has 0 radical (unpaired) electrons. The SMILES string of the molecule is Cc1ccc(NC(=O)C2CSCN2C(=O)c2ccc(C(F)(F)F)cc2)cc1C. The molecule has 1 N–H and O–H groups in total. The Labute approximate surface area is 165 Å². The van der Waals surface area contributed by atoms with Crippen molar-refractivity contribution < 1.29 is 22.8 Å². The highest BCUT2D eigenvalue weighted by molar-refractivity contribution is 7.99. The van der Waals surface area contributed by atoms with Crippen molar-refractivity contribution in [2.75, 3.05) is 16.9 Å². The summed E-state index contributed by atoms with van der Waals surface area (Å²) in [5.41, 5.74) is 2.10. The van der Waals surface area contributed by atoms with Gasteiger partial charge < -0.3 is 10.2 Å². The van der Waals surface area contributed by atoms with Gasteiger partial charge in [0.1, 0.15) is 6.04 Å². The quantitative estimate of drug-likeness (QED) is 0.815. The lowest BCUT2D eigenvalue weighted by atomic mass is 10.1. The van der Waals surface area contributed by atoms with E-state index in [0.29, 0.717) is 17.3 Å². The van der Waals surface area contributed by atoms with E-state index in [0.717, 1.165) is 35.4 Å². The average Bonchev–Trinajstić information content (AvgIpc) is 3.13. The number of rotatable bonds is 3. The molecule has 1 atom stereocenters. The summed E-state index contributed by atoms with van der Waals surface area (Å²) in [5, 5.41) is 2.82. The van der Waals surface area contributed by atoms with Crippen LogP contribution < -0.4 is 5.32 Å². The van der Waals surface area contributed by atoms with Crippen LogP contribution in [0.3, 0.4) is 0 Å². The van der Waals surface area contributed by atoms with Crippen LogP contribution in [0.5, 0.6) is 0 Å². The third-order valence-electron chi connectivity index (χ3n) is 4.68. The summed E-state index contributed by atoms with van der Waals surface area (Å²) in [6.07, 6.45) is -4.46. The summed E-state index contributed by atoms with van der Waals surface area (Å²) in [4.78, 5) is 26.8. The Kier molecular flexibility index (Phi) is 5.69. The minimum absolute atomic E-state index is 0.125. The zero-order valence-electron chi connectivity index (χ0n) is 15.3. The molecule has 28 heavy (non-hydrogen) atoms. The lowest BCUT2D eigenvalue weighted by Crippen LogP contribution is -2.44. The van der Waals surface area contributed by atoms with Crippen LogP contribution in [0, 0.1) is 13.8 Å². The Morgan fingerprint density at radius 1 is 1.07 bits per heavy atom. The first kappa shape index (κ1) is 20.3. The number of hydrogen-bond donors (Lipinski definition) is 1. The molecular formula is C20H19F3N2O2S. The number of nitrogens with one attached hydrogen (secondary N) is 1. The van der Waals surface area contributed by atoms with E-state index in [9.17, 15) is 22.8 Å². The highest BCUT2D eigenvalue weighted by Crippen LogP contribution is 2.30. The molecule has 1 aliphatic rings. The minimum atomic E-state index is -4.46. The van der Waals surface area contributed by atoms with Gasteiger partial charge in [-0.3, -0.25) is 9.59 Å². The van der Waals surface area contributed by atoms with Crippen LogP contribution in [-0.4, -0.2) is 34.4 Å². The molecule has 1 unspecified atom stereocenters. The molecular weight excluding hydrogens is 389 g/mol. The third-order valence-corrected chi connectivity index (χ3v) is 5.69. The van der Waals surface area contributed by atoms with Crippen molar-refractivity contribution in [3.8, 4) is 0 Å². The van der Waals surface area contributed by atoms with Gasteiger partial charge in [0.05, 0.1) is 11.4 Å². The van der Waals surface area contributed by atoms with Crippen molar-refractivity contribution in [2.45, 2.75) is 26.1 Å². The Hall–Kier alpha value is -2.48. The molecule has 148 valence electrons. The van der Waals surface area contributed by atoms with Gasteiger partial charge in [0, 0.05) is 17.0 Å². The van der Waals surface area contributed by atoms with Gasteiger partial charge in [-0.25, -0.2) is 0 Å². The maximum Gasteiger partial charge on any atom is 0.416 e. The summed E-state index contributed by atoms with van der Waals surface area (Å²) in [5.74, 6) is -0.0269. The second-order valence-corrected chi connectivity index (χ2v) is 7.65. The van der Waals surface area contributed by atoms with E-state index in [4.69, 9.17) is 0 Å². The summed E-state index contributed by atoms with van der Waals surface area (Å²) >= 11 is 1.43. The second kappa shape index (κ2) is 7.87. The second-order valence-electron chi connectivity index (χ2n) is 6.65. The van der Waals surface area contributed by atoms with Crippen LogP contribution >= 0.6 is 11.8 Å². The summed E-state index contributed by atoms with van der Waals surface area (Å²) in [6.45, 7) is 3.91. The molecule has 1 aliphatic heterocycles. The van der Waals surface area contributed by atoms with Crippen LogP contribution in [-0.2, 0) is 11.0 Å². The van der Waals surface area contributed by atoms with E-state index in [2.05, 4.69) is 5.32 Å². The number of amides is 2. The largest absolute Gasteiger partial charge is 0.416 e. The molecule has 1 heterocycles. The topological polar surface area (TPSA) is 49.4 Å². The van der Waals surface area contributed by atoms with Crippen LogP contribution in [0.25, 0.3) is 0 Å². The number of thioether (sulfide) groups is 1. The predicted molar refractivity (Wildman–Crippen MR) is 103 cm³/mol. The average molecular weight is 408 g/mol. The first-order valence-electron chi connectivity index (χ1n) is 8.61. The Bertz CT molecular complexity index is 897. The predicted octanol–water partition coefficient (Wildman–Crippen LogP) is 4.48. The molecule has 4 nitrogen and oxygen atoms in total. The number of aryl methyl sites for hydroxylation is 2. The Morgan fingerprint density at radius 3 is 2.36 bits per heavy atom. The van der Waals surface area contributed by atoms with Gasteiger partial charge in [-0.2, -0.15) is 13.2 Å². The number of carbonyl (C=O) groups excluding carboxylic acids is 2. The lowest BCUT2D eigenvalue weighted by Gasteiger charge is -2.23. The normalized spacial score (nSPS) is 16.9. The van der Waals surface area contributed by atoms with Crippen molar-refractivity contribution in [1.29, 1.82) is 0 Å². The molecule has 1 fully saturated rings. The van der Waals surface area contributed by atoms with Gasteiger partial charge in [0.15, 0.2) is 0 Å². The van der Waals surface area contributed by atoms with Crippen molar-refractivity contribution >= 4 is 29.3 Å². The fourth-order valence-corrected chi connectivity index (χ4v) is 4.03. The first-order valence-corrected chi connectivity index (χ1v) is 9.76. The number of anilines is 1. The van der Waals surface area contributed by atoms with Gasteiger partial charge in [0.25, 0.3) is 5.91 Å². The molecule has 3 rings (SSSR count). The van der Waals surface area contributed by atoms with E-state index in [-0.39, 0.29) is 11.5 Å². The van der Waals surface area contributed by atoms with E-state index in [1.165, 1.54) is 16.7 Å². The number of alkyl halides is 3. The molecule has 2 aromatic rings. The number of hydrogen-bond acceptors (Lipinski definition) is 3. The molecule has 0 saturated carbocycles. The molecule has 0 spiro atoms. The third kappa shape index (κ3) is 4.32. The number of nitrogens with zero attached hydrogens (tertiary/aromatic N) is 1. The summed E-state index contributed by atoms with van der Waals surface area (Å²) in [7, 11) is 0. The van der Waals surface area contributed by atoms with Crippen LogP contribution in [0.15, 0.2) is 42.5 Å². The van der Waals surface area contributed by atoms with Crippen LogP contribution in [0.4, 0.5) is 18.9 Å². The van der Waals surface area contributed by atoms with Gasteiger partial charge in [0.2, 0.25) is 5.91 Å². The zero-order chi connectivity index (χ0) is 20.5. The molecule has 0 bridgehead atoms. The molecule has 0 aliphatic carbocycles. The summed E-state index contributed by atoms with van der Waals surface area (Å²) in [6, 6.07) is 8.92. The van der Waals surface area contributed by atoms with E-state index in [1.54, 1.807) is 6.07 Å². The summed E-state index contributed by atoms with van der Waals surface area (Å²) < 4.78 is 38.1. The van der Waals surface area contributed by atoms with Gasteiger partial charge in [-0.15, -0.1) is 11.8 Å². The van der Waals surface area contributed by atoms with Crippen LogP contribution in [0.1, 0.15) is 27.0 Å². The molecule has 0 aromatic heterocycles. The van der Waals surface area contributed by atoms with Gasteiger partial charge in [-0.1, -0.05) is 6.07 Å². The van der Waals surface area contributed by atoms with Crippen molar-refractivity contribution in [1.82, 2.24) is 4.90 Å². The van der Waals surface area contributed by atoms with Crippen molar-refractivity contribution in [2.24, 2.45) is 0 Å².